The van der Waals surface area contributed by atoms with Gasteiger partial charge in [-0.2, -0.15) is 11.8 Å². The number of carbonyl (C=O) groups excluding carboxylic acids is 3. The summed E-state index contributed by atoms with van der Waals surface area (Å²) in [4.78, 5) is 37.8. The largest absolute Gasteiger partial charge is 0.453 e. The number of nitrogens with zero attached hydrogens (tertiary/aromatic N) is 1. The first kappa shape index (κ1) is 18.5. The molecule has 5 nitrogen and oxygen atoms in total. The van der Waals surface area contributed by atoms with Gasteiger partial charge in [-0.25, -0.2) is 0 Å². The third kappa shape index (κ3) is 3.80. The van der Waals surface area contributed by atoms with Crippen molar-refractivity contribution in [3.8, 4) is 0 Å². The number of benzene rings is 1. The van der Waals surface area contributed by atoms with Crippen molar-refractivity contribution < 1.29 is 19.1 Å². The van der Waals surface area contributed by atoms with Gasteiger partial charge in [-0.1, -0.05) is 6.92 Å². The molecule has 0 aliphatic carbocycles. The number of anilines is 1. The molecule has 1 heterocycles. The minimum Gasteiger partial charge on any atom is -0.453 e. The van der Waals surface area contributed by atoms with E-state index in [1.54, 1.807) is 30.0 Å². The molecule has 0 N–H and O–H groups in total. The van der Waals surface area contributed by atoms with Gasteiger partial charge in [-0.15, -0.1) is 0 Å². The van der Waals surface area contributed by atoms with Crippen molar-refractivity contribution in [2.75, 3.05) is 17.7 Å². The van der Waals surface area contributed by atoms with E-state index in [9.17, 15) is 14.4 Å². The van der Waals surface area contributed by atoms with E-state index in [-0.39, 0.29) is 22.9 Å². The van der Waals surface area contributed by atoms with Gasteiger partial charge in [0.15, 0.2) is 6.10 Å². The molecule has 24 heavy (non-hydrogen) atoms. The molecular weight excluding hydrogens is 326 g/mol. The summed E-state index contributed by atoms with van der Waals surface area (Å²) < 4.78 is 5.32. The summed E-state index contributed by atoms with van der Waals surface area (Å²) in [5.41, 5.74) is 2.35. The summed E-state index contributed by atoms with van der Waals surface area (Å²) in [7, 11) is 0. The zero-order valence-corrected chi connectivity index (χ0v) is 15.3. The van der Waals surface area contributed by atoms with E-state index < -0.39 is 6.10 Å². The Balaban J connectivity index is 2.10. The highest BCUT2D eigenvalue weighted by Gasteiger charge is 2.27. The number of carbonyl (C=O) groups is 3. The first-order chi connectivity index (χ1) is 11.4. The van der Waals surface area contributed by atoms with Crippen LogP contribution in [-0.4, -0.2) is 41.8 Å². The molecule has 0 radical (unpaired) electrons. The van der Waals surface area contributed by atoms with Gasteiger partial charge in [0.1, 0.15) is 5.25 Å². The van der Waals surface area contributed by atoms with Crippen LogP contribution in [0.4, 0.5) is 5.69 Å². The van der Waals surface area contributed by atoms with Gasteiger partial charge in [-0.3, -0.25) is 14.4 Å². The van der Waals surface area contributed by atoms with Gasteiger partial charge >= 0.3 is 5.97 Å². The van der Waals surface area contributed by atoms with Crippen molar-refractivity contribution in [3.63, 3.8) is 0 Å². The molecular formula is C18H23NO4S. The normalized spacial score (nSPS) is 15.6. The second-order valence-corrected chi connectivity index (χ2v) is 6.88. The molecule has 1 aliphatic heterocycles. The van der Waals surface area contributed by atoms with Gasteiger partial charge in [-0.05, 0) is 49.8 Å². The summed E-state index contributed by atoms with van der Waals surface area (Å²) in [5.74, 6) is -0.573. The number of thioether (sulfide) groups is 1. The molecule has 1 amide bonds. The maximum atomic E-state index is 12.5. The number of rotatable bonds is 6. The van der Waals surface area contributed by atoms with Crippen molar-refractivity contribution in [1.29, 1.82) is 0 Å². The fraction of sp³-hybridized carbons (Fsp3) is 0.500. The molecule has 0 unspecified atom stereocenters. The monoisotopic (exact) mass is 349 g/mol. The molecule has 0 fully saturated rings. The summed E-state index contributed by atoms with van der Waals surface area (Å²) in [6, 6.07) is 5.29. The maximum Gasteiger partial charge on any atom is 0.319 e. The number of hydrogen-bond donors (Lipinski definition) is 0. The Hall–Kier alpha value is -1.82. The number of hydrogen-bond acceptors (Lipinski definition) is 5. The Morgan fingerprint density at radius 2 is 2.04 bits per heavy atom. The highest BCUT2D eigenvalue weighted by atomic mass is 32.2. The molecule has 0 saturated carbocycles. The Kier molecular flexibility index (Phi) is 6.04. The maximum absolute atomic E-state index is 12.5. The van der Waals surface area contributed by atoms with E-state index in [1.165, 1.54) is 18.7 Å². The molecule has 6 heteroatoms. The number of esters is 1. The molecule has 0 saturated heterocycles. The number of amides is 1. The lowest BCUT2D eigenvalue weighted by atomic mass is 10.0. The van der Waals surface area contributed by atoms with Gasteiger partial charge in [0.05, 0.1) is 0 Å². The minimum absolute atomic E-state index is 0.00204. The van der Waals surface area contributed by atoms with Gasteiger partial charge in [0.2, 0.25) is 11.7 Å². The smallest absolute Gasteiger partial charge is 0.319 e. The van der Waals surface area contributed by atoms with Crippen LogP contribution in [0.25, 0.3) is 0 Å². The Labute approximate surface area is 146 Å². The van der Waals surface area contributed by atoms with E-state index in [1.807, 2.05) is 13.2 Å². The van der Waals surface area contributed by atoms with Crippen LogP contribution in [0, 0.1) is 0 Å². The zero-order valence-electron chi connectivity index (χ0n) is 14.5. The zero-order chi connectivity index (χ0) is 17.9. The first-order valence-corrected chi connectivity index (χ1v) is 9.36. The van der Waals surface area contributed by atoms with Crippen LogP contribution in [0.1, 0.15) is 43.1 Å². The molecule has 1 aromatic carbocycles. The third-order valence-corrected chi connectivity index (χ3v) is 5.31. The topological polar surface area (TPSA) is 63.7 Å². The molecule has 2 atom stereocenters. The molecule has 1 aromatic rings. The van der Waals surface area contributed by atoms with Crippen LogP contribution in [0.5, 0.6) is 0 Å². The summed E-state index contributed by atoms with van der Waals surface area (Å²) in [6.07, 6.45) is 2.43. The average molecular weight is 349 g/mol. The Morgan fingerprint density at radius 3 is 2.62 bits per heavy atom. The third-order valence-electron chi connectivity index (χ3n) is 4.22. The molecule has 0 aromatic heterocycles. The van der Waals surface area contributed by atoms with Crippen LogP contribution in [0.15, 0.2) is 18.2 Å². The first-order valence-electron chi connectivity index (χ1n) is 8.07. The molecule has 130 valence electrons. The predicted molar refractivity (Wildman–Crippen MR) is 95.7 cm³/mol. The molecule has 2 rings (SSSR count). The number of Topliss-reactive ketones (excluding diaryl/α,β-unsaturated/α-hetero) is 1. The van der Waals surface area contributed by atoms with Gasteiger partial charge in [0, 0.05) is 24.7 Å². The van der Waals surface area contributed by atoms with Crippen molar-refractivity contribution in [2.45, 2.75) is 45.0 Å². The Morgan fingerprint density at radius 1 is 1.33 bits per heavy atom. The standard InChI is InChI=1S/C18H23NO4S/c1-5-16(24-4)18(22)23-11(2)17(21)14-6-7-15-13(10-14)8-9-19(15)12(3)20/h6-7,10-11,16H,5,8-9H2,1-4H3/t11-,16+/m1/s1. The molecule has 0 spiro atoms. The second-order valence-electron chi connectivity index (χ2n) is 5.84. The van der Waals surface area contributed by atoms with Crippen LogP contribution in [-0.2, 0) is 20.7 Å². The summed E-state index contributed by atoms with van der Waals surface area (Å²) in [5, 5.41) is -0.246. The van der Waals surface area contributed by atoms with Crippen molar-refractivity contribution in [2.24, 2.45) is 0 Å². The minimum atomic E-state index is -0.818. The van der Waals surface area contributed by atoms with Crippen LogP contribution < -0.4 is 4.90 Å². The lowest BCUT2D eigenvalue weighted by Crippen LogP contribution is -2.29. The van der Waals surface area contributed by atoms with Gasteiger partial charge in [0.25, 0.3) is 0 Å². The fourth-order valence-corrected chi connectivity index (χ4v) is 3.43. The lowest BCUT2D eigenvalue weighted by molar-refractivity contribution is -0.145. The second kappa shape index (κ2) is 7.83. The van der Waals surface area contributed by atoms with Crippen molar-refractivity contribution in [3.05, 3.63) is 29.3 Å². The number of ketones is 1. The number of ether oxygens (including phenoxy) is 1. The van der Waals surface area contributed by atoms with E-state index in [0.29, 0.717) is 18.5 Å². The Bertz CT molecular complexity index is 654. The SMILES string of the molecule is CC[C@H](SC)C(=O)O[C@H](C)C(=O)c1ccc2c(c1)CCN2C(C)=O. The lowest BCUT2D eigenvalue weighted by Gasteiger charge is -2.17. The van der Waals surface area contributed by atoms with E-state index in [0.717, 1.165) is 17.7 Å². The molecule has 1 aliphatic rings. The number of fused-ring (bicyclic) bond motifs is 1. The van der Waals surface area contributed by atoms with E-state index >= 15 is 0 Å². The predicted octanol–water partition coefficient (Wildman–Crippen LogP) is 2.85. The van der Waals surface area contributed by atoms with Crippen LogP contribution in [0.3, 0.4) is 0 Å². The average Bonchev–Trinajstić information content (AvgIpc) is 2.98. The van der Waals surface area contributed by atoms with Crippen molar-refractivity contribution >= 4 is 35.1 Å². The van der Waals surface area contributed by atoms with Gasteiger partial charge < -0.3 is 9.64 Å². The van der Waals surface area contributed by atoms with E-state index in [2.05, 4.69) is 0 Å². The van der Waals surface area contributed by atoms with Crippen LogP contribution >= 0.6 is 11.8 Å². The highest BCUT2D eigenvalue weighted by molar-refractivity contribution is 7.99. The summed E-state index contributed by atoms with van der Waals surface area (Å²) >= 11 is 1.42. The quantitative estimate of drug-likeness (QED) is 0.584. The summed E-state index contributed by atoms with van der Waals surface area (Å²) in [6.45, 7) is 5.68. The fourth-order valence-electron chi connectivity index (χ4n) is 2.85. The van der Waals surface area contributed by atoms with E-state index in [4.69, 9.17) is 4.74 Å². The van der Waals surface area contributed by atoms with Crippen LogP contribution in [0.2, 0.25) is 0 Å². The van der Waals surface area contributed by atoms with Crippen molar-refractivity contribution in [1.82, 2.24) is 0 Å². The molecule has 0 bridgehead atoms. The highest BCUT2D eigenvalue weighted by Crippen LogP contribution is 2.29.